The number of carbonyl (C=O) groups is 2. The van der Waals surface area contributed by atoms with Gasteiger partial charge in [0.15, 0.2) is 5.78 Å². The fourth-order valence-electron chi connectivity index (χ4n) is 2.18. The van der Waals surface area contributed by atoms with E-state index < -0.39 is 29.2 Å². The highest BCUT2D eigenvalue weighted by molar-refractivity contribution is 6.10. The standard InChI is InChI=1S/C18H17F2NO2/c1-12(2)21-17(23)18(19,20)15-11-7-6-10-14(15)16(22)13-8-4-3-5-9-13/h3-12H,1-2H3,(H,21,23). The van der Waals surface area contributed by atoms with Crippen molar-refractivity contribution in [2.45, 2.75) is 25.8 Å². The van der Waals surface area contributed by atoms with E-state index in [0.29, 0.717) is 5.56 Å². The van der Waals surface area contributed by atoms with Crippen molar-refractivity contribution < 1.29 is 18.4 Å². The highest BCUT2D eigenvalue weighted by atomic mass is 19.3. The molecule has 0 aliphatic rings. The number of hydrogen-bond acceptors (Lipinski definition) is 2. The van der Waals surface area contributed by atoms with Crippen molar-refractivity contribution in [3.8, 4) is 0 Å². The minimum absolute atomic E-state index is 0.178. The molecule has 3 nitrogen and oxygen atoms in total. The van der Waals surface area contributed by atoms with Crippen LogP contribution in [0.3, 0.4) is 0 Å². The predicted octanol–water partition coefficient (Wildman–Crippen LogP) is 3.53. The monoisotopic (exact) mass is 317 g/mol. The molecule has 5 heteroatoms. The molecule has 1 N–H and O–H groups in total. The van der Waals surface area contributed by atoms with Gasteiger partial charge in [-0.3, -0.25) is 9.59 Å². The van der Waals surface area contributed by atoms with Crippen LogP contribution >= 0.6 is 0 Å². The molecule has 0 saturated heterocycles. The summed E-state index contributed by atoms with van der Waals surface area (Å²) in [5.74, 6) is -5.75. The highest BCUT2D eigenvalue weighted by Gasteiger charge is 2.43. The Labute approximate surface area is 133 Å². The van der Waals surface area contributed by atoms with Gasteiger partial charge in [-0.1, -0.05) is 54.6 Å². The minimum atomic E-state index is -3.79. The number of nitrogens with one attached hydrogen (secondary N) is 1. The van der Waals surface area contributed by atoms with E-state index in [-0.39, 0.29) is 5.56 Å². The Bertz CT molecular complexity index is 712. The van der Waals surface area contributed by atoms with Gasteiger partial charge in [-0.05, 0) is 13.8 Å². The molecule has 120 valence electrons. The predicted molar refractivity (Wildman–Crippen MR) is 83.5 cm³/mol. The molecule has 2 rings (SSSR count). The number of halogens is 2. The molecule has 1 amide bonds. The molecule has 2 aromatic rings. The number of benzene rings is 2. The van der Waals surface area contributed by atoms with Crippen LogP contribution in [0.4, 0.5) is 8.78 Å². The number of ketones is 1. The lowest BCUT2D eigenvalue weighted by molar-refractivity contribution is -0.147. The summed E-state index contributed by atoms with van der Waals surface area (Å²) in [6.07, 6.45) is 0. The Morgan fingerprint density at radius 1 is 0.957 bits per heavy atom. The molecule has 0 aromatic heterocycles. The maximum atomic E-state index is 14.5. The summed E-state index contributed by atoms with van der Waals surface area (Å²) < 4.78 is 29.0. The Kier molecular flexibility index (Phi) is 4.89. The zero-order chi connectivity index (χ0) is 17.0. The average Bonchev–Trinajstić information content (AvgIpc) is 2.54. The van der Waals surface area contributed by atoms with Crippen LogP contribution < -0.4 is 5.32 Å². The third-order valence-corrected chi connectivity index (χ3v) is 3.25. The first-order valence-electron chi connectivity index (χ1n) is 7.22. The van der Waals surface area contributed by atoms with Crippen LogP contribution in [0.1, 0.15) is 35.3 Å². The fraction of sp³-hybridized carbons (Fsp3) is 0.222. The third kappa shape index (κ3) is 3.62. The van der Waals surface area contributed by atoms with E-state index in [4.69, 9.17) is 0 Å². The van der Waals surface area contributed by atoms with Crippen molar-refractivity contribution in [3.05, 3.63) is 71.3 Å². The van der Waals surface area contributed by atoms with Crippen LogP contribution in [-0.2, 0) is 10.7 Å². The van der Waals surface area contributed by atoms with Gasteiger partial charge in [0.05, 0.1) is 0 Å². The summed E-state index contributed by atoms with van der Waals surface area (Å²) >= 11 is 0. The van der Waals surface area contributed by atoms with Gasteiger partial charge >= 0.3 is 5.92 Å². The second kappa shape index (κ2) is 6.69. The lowest BCUT2D eigenvalue weighted by atomic mass is 9.94. The molecule has 0 saturated carbocycles. The maximum Gasteiger partial charge on any atom is 0.350 e. The molecule has 0 aliphatic carbocycles. The number of hydrogen-bond donors (Lipinski definition) is 1. The molecular weight excluding hydrogens is 300 g/mol. The van der Waals surface area contributed by atoms with E-state index in [1.165, 1.54) is 18.2 Å². The largest absolute Gasteiger partial charge is 0.350 e. The van der Waals surface area contributed by atoms with E-state index in [2.05, 4.69) is 5.32 Å². The lowest BCUT2D eigenvalue weighted by Gasteiger charge is -2.20. The van der Waals surface area contributed by atoms with Gasteiger partial charge in [0.2, 0.25) is 0 Å². The number of rotatable bonds is 5. The molecule has 0 aliphatic heterocycles. The molecule has 0 spiro atoms. The molecule has 0 bridgehead atoms. The molecule has 0 unspecified atom stereocenters. The van der Waals surface area contributed by atoms with Gasteiger partial charge < -0.3 is 5.32 Å². The molecule has 23 heavy (non-hydrogen) atoms. The van der Waals surface area contributed by atoms with Crippen molar-refractivity contribution in [1.82, 2.24) is 5.32 Å². The molecule has 0 fully saturated rings. The Morgan fingerprint density at radius 3 is 2.13 bits per heavy atom. The molecule has 0 atom stereocenters. The van der Waals surface area contributed by atoms with Crippen LogP contribution in [0.2, 0.25) is 0 Å². The van der Waals surface area contributed by atoms with Crippen LogP contribution in [0.5, 0.6) is 0 Å². The van der Waals surface area contributed by atoms with Crippen molar-refractivity contribution in [2.24, 2.45) is 0 Å². The number of carbonyl (C=O) groups excluding carboxylic acids is 2. The smallest absolute Gasteiger partial charge is 0.348 e. The van der Waals surface area contributed by atoms with E-state index in [9.17, 15) is 18.4 Å². The Balaban J connectivity index is 2.45. The van der Waals surface area contributed by atoms with Crippen LogP contribution in [0.15, 0.2) is 54.6 Å². The lowest BCUT2D eigenvalue weighted by Crippen LogP contribution is -2.42. The summed E-state index contributed by atoms with van der Waals surface area (Å²) in [6, 6.07) is 13.0. The normalized spacial score (nSPS) is 11.3. The molecule has 0 radical (unpaired) electrons. The fourth-order valence-corrected chi connectivity index (χ4v) is 2.18. The molecule has 2 aromatic carbocycles. The SMILES string of the molecule is CC(C)NC(=O)C(F)(F)c1ccccc1C(=O)c1ccccc1. The van der Waals surface area contributed by atoms with Gasteiger partial charge in [-0.15, -0.1) is 0 Å². The van der Waals surface area contributed by atoms with Gasteiger partial charge in [0.25, 0.3) is 5.91 Å². The molecular formula is C18H17F2NO2. The van der Waals surface area contributed by atoms with Crippen LogP contribution in [-0.4, -0.2) is 17.7 Å². The summed E-state index contributed by atoms with van der Waals surface area (Å²) in [7, 11) is 0. The van der Waals surface area contributed by atoms with Gasteiger partial charge in [0.1, 0.15) is 0 Å². The van der Waals surface area contributed by atoms with E-state index in [0.717, 1.165) is 6.07 Å². The second-order valence-electron chi connectivity index (χ2n) is 5.44. The van der Waals surface area contributed by atoms with Crippen molar-refractivity contribution in [3.63, 3.8) is 0 Å². The quantitative estimate of drug-likeness (QED) is 0.858. The zero-order valence-electron chi connectivity index (χ0n) is 12.8. The molecule has 0 heterocycles. The summed E-state index contributed by atoms with van der Waals surface area (Å²) in [5.41, 5.74) is -0.477. The van der Waals surface area contributed by atoms with E-state index in [1.807, 2.05) is 0 Å². The zero-order valence-corrected chi connectivity index (χ0v) is 12.8. The first-order chi connectivity index (χ1) is 10.8. The topological polar surface area (TPSA) is 46.2 Å². The van der Waals surface area contributed by atoms with Gasteiger partial charge in [0, 0.05) is 22.7 Å². The van der Waals surface area contributed by atoms with E-state index in [1.54, 1.807) is 44.2 Å². The first kappa shape index (κ1) is 16.8. The third-order valence-electron chi connectivity index (χ3n) is 3.25. The number of amides is 1. The van der Waals surface area contributed by atoms with Crippen LogP contribution in [0.25, 0.3) is 0 Å². The summed E-state index contributed by atoms with van der Waals surface area (Å²) in [6.45, 7) is 3.18. The van der Waals surface area contributed by atoms with Crippen LogP contribution in [0, 0.1) is 0 Å². The van der Waals surface area contributed by atoms with Crippen molar-refractivity contribution in [2.75, 3.05) is 0 Å². The van der Waals surface area contributed by atoms with Gasteiger partial charge in [-0.2, -0.15) is 8.78 Å². The van der Waals surface area contributed by atoms with Crippen molar-refractivity contribution in [1.29, 1.82) is 0 Å². The van der Waals surface area contributed by atoms with E-state index >= 15 is 0 Å². The second-order valence-corrected chi connectivity index (χ2v) is 5.44. The first-order valence-corrected chi connectivity index (χ1v) is 7.22. The maximum absolute atomic E-state index is 14.5. The number of alkyl halides is 2. The van der Waals surface area contributed by atoms with Crippen molar-refractivity contribution >= 4 is 11.7 Å². The summed E-state index contributed by atoms with van der Waals surface area (Å²) in [5, 5.41) is 2.19. The minimum Gasteiger partial charge on any atom is -0.348 e. The average molecular weight is 317 g/mol. The van der Waals surface area contributed by atoms with Gasteiger partial charge in [-0.25, -0.2) is 0 Å². The Hall–Kier alpha value is -2.56. The Morgan fingerprint density at radius 2 is 1.52 bits per heavy atom. The highest BCUT2D eigenvalue weighted by Crippen LogP contribution is 2.32. The summed E-state index contributed by atoms with van der Waals surface area (Å²) in [4.78, 5) is 24.3.